The number of aliphatic hydroxyl groups excluding tert-OH is 1. The summed E-state index contributed by atoms with van der Waals surface area (Å²) < 4.78 is 5.16. The van der Waals surface area contributed by atoms with Crippen LogP contribution in [-0.2, 0) is 4.74 Å². The van der Waals surface area contributed by atoms with Crippen LogP contribution >= 0.6 is 0 Å². The molecule has 2 nitrogen and oxygen atoms in total. The highest BCUT2D eigenvalue weighted by atomic mass is 16.6. The highest BCUT2D eigenvalue weighted by Crippen LogP contribution is 2.25. The molecule has 1 heterocycles. The van der Waals surface area contributed by atoms with Crippen molar-refractivity contribution in [2.45, 2.75) is 38.4 Å². The summed E-state index contributed by atoms with van der Waals surface area (Å²) in [6.07, 6.45) is 8.06. The van der Waals surface area contributed by atoms with Gasteiger partial charge in [0.25, 0.3) is 0 Å². The molecule has 2 atom stereocenters. The predicted molar refractivity (Wildman–Crippen MR) is 44.4 cm³/mol. The fourth-order valence-corrected chi connectivity index (χ4v) is 1.14. The van der Waals surface area contributed by atoms with Gasteiger partial charge in [0.15, 0.2) is 0 Å². The molecular weight excluding hydrogens is 140 g/mol. The molecule has 2 heteroatoms. The Kier molecular flexibility index (Phi) is 3.60. The topological polar surface area (TPSA) is 32.8 Å². The smallest absolute Gasteiger partial charge is 0.107 e. The Labute approximate surface area is 67.9 Å². The third kappa shape index (κ3) is 3.04. The molecule has 1 aliphatic heterocycles. The zero-order valence-electron chi connectivity index (χ0n) is 6.99. The van der Waals surface area contributed by atoms with Gasteiger partial charge in [-0.1, -0.05) is 19.1 Å². The minimum Gasteiger partial charge on any atom is -0.394 e. The van der Waals surface area contributed by atoms with Gasteiger partial charge in [0.05, 0.1) is 12.7 Å². The van der Waals surface area contributed by atoms with Gasteiger partial charge in [-0.25, -0.2) is 0 Å². The van der Waals surface area contributed by atoms with E-state index in [2.05, 4.69) is 19.1 Å². The molecule has 0 radical (unpaired) electrons. The van der Waals surface area contributed by atoms with Crippen molar-refractivity contribution in [3.63, 3.8) is 0 Å². The van der Waals surface area contributed by atoms with E-state index >= 15 is 0 Å². The van der Waals surface area contributed by atoms with Crippen molar-refractivity contribution in [1.29, 1.82) is 0 Å². The van der Waals surface area contributed by atoms with Crippen molar-refractivity contribution in [3.8, 4) is 0 Å². The minimum absolute atomic E-state index is 0.144. The van der Waals surface area contributed by atoms with E-state index in [1.807, 2.05) is 0 Å². The van der Waals surface area contributed by atoms with Crippen molar-refractivity contribution in [2.75, 3.05) is 6.61 Å². The maximum absolute atomic E-state index is 8.64. The van der Waals surface area contributed by atoms with Crippen molar-refractivity contribution in [3.05, 3.63) is 12.2 Å². The van der Waals surface area contributed by atoms with E-state index in [0.717, 1.165) is 19.3 Å². The van der Waals surface area contributed by atoms with Crippen LogP contribution in [0.15, 0.2) is 12.2 Å². The largest absolute Gasteiger partial charge is 0.394 e. The van der Waals surface area contributed by atoms with Crippen molar-refractivity contribution < 1.29 is 9.84 Å². The lowest BCUT2D eigenvalue weighted by atomic mass is 10.2. The summed E-state index contributed by atoms with van der Waals surface area (Å²) in [5, 5.41) is 8.64. The first-order chi connectivity index (χ1) is 5.38. The molecular formula is C9H16O2. The van der Waals surface area contributed by atoms with Crippen LogP contribution in [0.4, 0.5) is 0 Å². The van der Waals surface area contributed by atoms with Crippen LogP contribution in [-0.4, -0.2) is 23.9 Å². The van der Waals surface area contributed by atoms with Crippen LogP contribution in [0.3, 0.4) is 0 Å². The van der Waals surface area contributed by atoms with Crippen molar-refractivity contribution in [1.82, 2.24) is 0 Å². The van der Waals surface area contributed by atoms with Gasteiger partial charge in [-0.15, -0.1) is 0 Å². The van der Waals surface area contributed by atoms with Crippen molar-refractivity contribution >= 4 is 0 Å². The van der Waals surface area contributed by atoms with Gasteiger partial charge < -0.3 is 9.84 Å². The highest BCUT2D eigenvalue weighted by molar-refractivity contribution is 4.88. The van der Waals surface area contributed by atoms with E-state index in [4.69, 9.17) is 9.84 Å². The summed E-state index contributed by atoms with van der Waals surface area (Å²) in [6.45, 7) is 2.31. The van der Waals surface area contributed by atoms with Crippen LogP contribution in [0.5, 0.6) is 0 Å². The third-order valence-electron chi connectivity index (χ3n) is 1.89. The molecule has 64 valence electrons. The Hall–Kier alpha value is -0.340. The maximum atomic E-state index is 8.64. The van der Waals surface area contributed by atoms with Gasteiger partial charge in [-0.2, -0.15) is 0 Å². The second-order valence-electron chi connectivity index (χ2n) is 2.85. The summed E-state index contributed by atoms with van der Waals surface area (Å²) in [5.41, 5.74) is 0. The Morgan fingerprint density at radius 1 is 1.36 bits per heavy atom. The van der Waals surface area contributed by atoms with Gasteiger partial charge in [0, 0.05) is 0 Å². The molecule has 1 N–H and O–H groups in total. The summed E-state index contributed by atoms with van der Waals surface area (Å²) in [4.78, 5) is 0. The van der Waals surface area contributed by atoms with E-state index in [9.17, 15) is 0 Å². The first kappa shape index (κ1) is 8.75. The Morgan fingerprint density at radius 2 is 2.18 bits per heavy atom. The number of rotatable bonds is 5. The molecule has 0 spiro atoms. The van der Waals surface area contributed by atoms with Crippen LogP contribution in [0.25, 0.3) is 0 Å². The first-order valence-electron chi connectivity index (χ1n) is 4.29. The van der Waals surface area contributed by atoms with Gasteiger partial charge in [0.2, 0.25) is 0 Å². The van der Waals surface area contributed by atoms with Gasteiger partial charge >= 0.3 is 0 Å². The fraction of sp³-hybridized carbons (Fsp3) is 0.778. The Bertz CT molecular complexity index is 132. The lowest BCUT2D eigenvalue weighted by Gasteiger charge is -1.87. The van der Waals surface area contributed by atoms with Crippen LogP contribution in [0, 0.1) is 0 Å². The second-order valence-corrected chi connectivity index (χ2v) is 2.85. The first-order valence-corrected chi connectivity index (χ1v) is 4.29. The molecule has 1 saturated heterocycles. The molecule has 1 fully saturated rings. The summed E-state index contributed by atoms with van der Waals surface area (Å²) in [5.74, 6) is 0. The Balaban J connectivity index is 1.93. The number of ether oxygens (including phenoxy) is 1. The molecule has 0 unspecified atom stereocenters. The van der Waals surface area contributed by atoms with Crippen LogP contribution in [0.1, 0.15) is 26.2 Å². The summed E-state index contributed by atoms with van der Waals surface area (Å²) >= 11 is 0. The second kappa shape index (κ2) is 4.52. The number of epoxide rings is 1. The van der Waals surface area contributed by atoms with Gasteiger partial charge in [-0.05, 0) is 19.3 Å². The molecule has 1 rings (SSSR count). The normalized spacial score (nSPS) is 29.6. The highest BCUT2D eigenvalue weighted by Gasteiger charge is 2.36. The number of hydrogen-bond acceptors (Lipinski definition) is 2. The van der Waals surface area contributed by atoms with Gasteiger partial charge in [0.1, 0.15) is 6.10 Å². The van der Waals surface area contributed by atoms with E-state index < -0.39 is 0 Å². The zero-order chi connectivity index (χ0) is 8.10. The van der Waals surface area contributed by atoms with Gasteiger partial charge in [-0.3, -0.25) is 0 Å². The SMILES string of the molecule is CC/C=C\CC[C@@H]1O[C@H]1CO. The van der Waals surface area contributed by atoms with E-state index in [-0.39, 0.29) is 12.7 Å². The molecule has 11 heavy (non-hydrogen) atoms. The van der Waals surface area contributed by atoms with E-state index in [1.165, 1.54) is 0 Å². The molecule has 0 amide bonds. The third-order valence-corrected chi connectivity index (χ3v) is 1.89. The van der Waals surface area contributed by atoms with Crippen LogP contribution < -0.4 is 0 Å². The number of hydrogen-bond donors (Lipinski definition) is 1. The zero-order valence-corrected chi connectivity index (χ0v) is 6.99. The lowest BCUT2D eigenvalue weighted by molar-refractivity contribution is 0.241. The number of allylic oxidation sites excluding steroid dienone is 2. The number of aliphatic hydroxyl groups is 1. The van der Waals surface area contributed by atoms with E-state index in [0.29, 0.717) is 6.10 Å². The van der Waals surface area contributed by atoms with Crippen LogP contribution in [0.2, 0.25) is 0 Å². The molecule has 1 aliphatic rings. The molecule has 0 aromatic heterocycles. The molecule has 0 bridgehead atoms. The molecule has 0 saturated carbocycles. The summed E-state index contributed by atoms with van der Waals surface area (Å²) in [6, 6.07) is 0. The lowest BCUT2D eigenvalue weighted by Crippen LogP contribution is -1.97. The molecule has 0 aromatic carbocycles. The van der Waals surface area contributed by atoms with Crippen molar-refractivity contribution in [2.24, 2.45) is 0 Å². The van der Waals surface area contributed by atoms with E-state index in [1.54, 1.807) is 0 Å². The minimum atomic E-state index is 0.144. The standard InChI is InChI=1S/C9H16O2/c1-2-3-4-5-6-8-9(7-10)11-8/h3-4,8-10H,2,5-7H2,1H3/b4-3-/t8-,9-/m0/s1. The quantitative estimate of drug-likeness (QED) is 0.483. The Morgan fingerprint density at radius 3 is 2.73 bits per heavy atom. The fourth-order valence-electron chi connectivity index (χ4n) is 1.14. The average Bonchev–Trinajstić information content (AvgIpc) is 2.77. The molecule has 0 aromatic rings. The maximum Gasteiger partial charge on any atom is 0.107 e. The molecule has 0 aliphatic carbocycles. The average molecular weight is 156 g/mol. The predicted octanol–water partition coefficient (Wildman–Crippen LogP) is 1.49. The summed E-state index contributed by atoms with van der Waals surface area (Å²) in [7, 11) is 0. The monoisotopic (exact) mass is 156 g/mol.